The van der Waals surface area contributed by atoms with Crippen LogP contribution in [0.3, 0.4) is 0 Å². The van der Waals surface area contributed by atoms with Crippen LogP contribution in [0.2, 0.25) is 0 Å². The van der Waals surface area contributed by atoms with Crippen LogP contribution < -0.4 is 14.2 Å². The summed E-state index contributed by atoms with van der Waals surface area (Å²) in [5.41, 5.74) is -1.43. The van der Waals surface area contributed by atoms with E-state index in [1.807, 2.05) is 20.8 Å². The van der Waals surface area contributed by atoms with Crippen LogP contribution >= 0.6 is 0 Å². The zero-order valence-corrected chi connectivity index (χ0v) is 32.5. The third-order valence-electron chi connectivity index (χ3n) is 7.97. The average Bonchev–Trinajstić information content (AvgIpc) is 3.03. The number of carbonyl (C=O) groups is 7. The van der Waals surface area contributed by atoms with Crippen LogP contribution in [0.15, 0.2) is 52.2 Å². The van der Waals surface area contributed by atoms with E-state index in [9.17, 15) is 33.6 Å². The lowest BCUT2D eigenvalue weighted by molar-refractivity contribution is -0.141. The summed E-state index contributed by atoms with van der Waals surface area (Å²) in [7, 11) is 1.28. The van der Waals surface area contributed by atoms with Gasteiger partial charge in [0.05, 0.1) is 12.5 Å². The first-order valence-electron chi connectivity index (χ1n) is 17.4. The molecule has 288 valence electrons. The van der Waals surface area contributed by atoms with Crippen LogP contribution in [-0.2, 0) is 49.4 Å². The van der Waals surface area contributed by atoms with Crippen molar-refractivity contribution in [2.75, 3.05) is 7.11 Å². The number of benzene rings is 1. The molecular formula is C40H50O13. The first-order valence-corrected chi connectivity index (χ1v) is 17.4. The lowest BCUT2D eigenvalue weighted by atomic mass is 9.71. The van der Waals surface area contributed by atoms with Gasteiger partial charge < -0.3 is 28.4 Å². The van der Waals surface area contributed by atoms with Crippen molar-refractivity contribution >= 4 is 41.4 Å². The fraction of sp³-hybridized carbons (Fsp3) is 0.475. The first kappa shape index (κ1) is 43.8. The predicted molar refractivity (Wildman–Crippen MR) is 193 cm³/mol. The summed E-state index contributed by atoms with van der Waals surface area (Å²) in [6, 6.07) is 1.28. The predicted octanol–water partition coefficient (Wildman–Crippen LogP) is 7.29. The highest BCUT2D eigenvalue weighted by atomic mass is 16.6. The molecule has 0 aromatic heterocycles. The van der Waals surface area contributed by atoms with Crippen molar-refractivity contribution in [3.05, 3.63) is 63.3 Å². The molecule has 1 atom stereocenters. The molecule has 13 heteroatoms. The molecule has 0 saturated heterocycles. The average molecular weight is 739 g/mol. The van der Waals surface area contributed by atoms with Gasteiger partial charge in [-0.2, -0.15) is 0 Å². The molecule has 1 aromatic carbocycles. The fourth-order valence-electron chi connectivity index (χ4n) is 5.80. The van der Waals surface area contributed by atoms with Gasteiger partial charge in [-0.3, -0.25) is 33.6 Å². The molecule has 13 nitrogen and oxygen atoms in total. The van der Waals surface area contributed by atoms with Gasteiger partial charge in [0.15, 0.2) is 17.3 Å². The maximum Gasteiger partial charge on any atom is 0.308 e. The lowest BCUT2D eigenvalue weighted by Crippen LogP contribution is -2.37. The number of hydrogen-bond acceptors (Lipinski definition) is 13. The van der Waals surface area contributed by atoms with Gasteiger partial charge in [-0.25, -0.2) is 0 Å². The number of methoxy groups -OCH3 is 1. The van der Waals surface area contributed by atoms with E-state index in [-0.39, 0.29) is 69.6 Å². The Labute approximate surface area is 310 Å². The molecule has 0 amide bonds. The Morgan fingerprint density at radius 2 is 1.32 bits per heavy atom. The van der Waals surface area contributed by atoms with Crippen LogP contribution in [0.1, 0.15) is 124 Å². The Morgan fingerprint density at radius 3 is 1.81 bits per heavy atom. The maximum absolute atomic E-state index is 14.9. The van der Waals surface area contributed by atoms with E-state index in [0.29, 0.717) is 19.3 Å². The number of unbranched alkanes of at least 4 members (excludes halogenated alkanes) is 2. The summed E-state index contributed by atoms with van der Waals surface area (Å²) < 4.78 is 33.9. The van der Waals surface area contributed by atoms with Crippen molar-refractivity contribution in [3.8, 4) is 17.2 Å². The summed E-state index contributed by atoms with van der Waals surface area (Å²) >= 11 is 0. The van der Waals surface area contributed by atoms with Gasteiger partial charge >= 0.3 is 29.8 Å². The number of ether oxygens (including phenoxy) is 6. The summed E-state index contributed by atoms with van der Waals surface area (Å²) in [6.45, 7) is 14.6. The van der Waals surface area contributed by atoms with Crippen LogP contribution in [0.5, 0.6) is 17.2 Å². The van der Waals surface area contributed by atoms with E-state index in [1.165, 1.54) is 19.3 Å². The molecule has 0 spiro atoms. The lowest BCUT2D eigenvalue weighted by Gasteiger charge is -2.38. The molecule has 1 aliphatic rings. The second kappa shape index (κ2) is 19.5. The van der Waals surface area contributed by atoms with E-state index < -0.39 is 53.2 Å². The minimum absolute atomic E-state index is 0.00111. The van der Waals surface area contributed by atoms with Gasteiger partial charge in [0.1, 0.15) is 39.9 Å². The van der Waals surface area contributed by atoms with Gasteiger partial charge in [0.25, 0.3) is 0 Å². The monoisotopic (exact) mass is 738 g/mol. The largest absolute Gasteiger partial charge is 0.496 e. The standard InChI is InChI=1S/C40H50O13/c1-12-14-15-17-30(46)34-33(50-24(6)42)21-32(48-11)28(37(34)51-25(7)43)20-29-36(47)35(31(16-13-2)49-23(5)41)39(53-27(9)45)40(10,19-18-22(3)4)38(29)52-26(8)44/h16,18,21H,12-15,17,19-20H2,1-11H3/b31-16-. The second-order valence-corrected chi connectivity index (χ2v) is 12.9. The number of rotatable bonds is 17. The SMILES string of the molecule is CC/C=C(\OC(C)=O)C1=C(OC(C)=O)C(C)(CC=C(C)C)C(OC(C)=O)=C(Cc2c(OC)cc(OC(C)=O)c(C(=O)CCCCC)c2OC(C)=O)C1=O. The number of carbonyl (C=O) groups excluding carboxylic acids is 7. The molecule has 0 N–H and O–H groups in total. The van der Waals surface area contributed by atoms with Crippen molar-refractivity contribution < 1.29 is 62.0 Å². The zero-order valence-electron chi connectivity index (χ0n) is 32.5. The van der Waals surface area contributed by atoms with Crippen LogP contribution in [-0.4, -0.2) is 48.5 Å². The summed E-state index contributed by atoms with van der Waals surface area (Å²) in [4.78, 5) is 91.5. The third-order valence-corrected chi connectivity index (χ3v) is 7.97. The number of esters is 5. The fourth-order valence-corrected chi connectivity index (χ4v) is 5.80. The minimum Gasteiger partial charge on any atom is -0.496 e. The summed E-state index contributed by atoms with van der Waals surface area (Å²) in [5.74, 6) is -6.58. The maximum atomic E-state index is 14.9. The first-order chi connectivity index (χ1) is 24.8. The highest BCUT2D eigenvalue weighted by Gasteiger charge is 2.50. The van der Waals surface area contributed by atoms with E-state index in [0.717, 1.165) is 46.6 Å². The van der Waals surface area contributed by atoms with Crippen molar-refractivity contribution in [2.45, 2.75) is 114 Å². The number of allylic oxidation sites excluding steroid dienone is 5. The second-order valence-electron chi connectivity index (χ2n) is 12.9. The molecule has 1 unspecified atom stereocenters. The molecule has 0 aliphatic heterocycles. The van der Waals surface area contributed by atoms with Gasteiger partial charge in [0, 0.05) is 64.7 Å². The third kappa shape index (κ3) is 11.3. The van der Waals surface area contributed by atoms with E-state index >= 15 is 0 Å². The molecule has 1 aliphatic carbocycles. The molecule has 2 rings (SSSR count). The highest BCUT2D eigenvalue weighted by Crippen LogP contribution is 2.51. The number of Topliss-reactive ketones (excluding diaryl/α,β-unsaturated/α-hetero) is 2. The Balaban J connectivity index is 3.28. The molecular weight excluding hydrogens is 688 g/mol. The van der Waals surface area contributed by atoms with E-state index in [4.69, 9.17) is 28.4 Å². The smallest absolute Gasteiger partial charge is 0.308 e. The van der Waals surface area contributed by atoms with Gasteiger partial charge in [-0.15, -0.1) is 0 Å². The topological polar surface area (TPSA) is 175 Å². The number of hydrogen-bond donors (Lipinski definition) is 0. The van der Waals surface area contributed by atoms with Gasteiger partial charge in [0.2, 0.25) is 0 Å². The van der Waals surface area contributed by atoms with Crippen LogP contribution in [0, 0.1) is 5.41 Å². The Kier molecular flexibility index (Phi) is 16.1. The number of ketones is 2. The minimum atomic E-state index is -1.56. The Bertz CT molecular complexity index is 1780. The van der Waals surface area contributed by atoms with Crippen molar-refractivity contribution in [3.63, 3.8) is 0 Å². The van der Waals surface area contributed by atoms with E-state index in [2.05, 4.69) is 0 Å². The van der Waals surface area contributed by atoms with Gasteiger partial charge in [-0.1, -0.05) is 38.3 Å². The Hall–Kier alpha value is -5.33. The molecule has 0 fully saturated rings. The van der Waals surface area contributed by atoms with Crippen molar-refractivity contribution in [1.29, 1.82) is 0 Å². The normalized spacial score (nSPS) is 15.8. The molecule has 0 saturated carbocycles. The molecule has 0 heterocycles. The summed E-state index contributed by atoms with van der Waals surface area (Å²) in [5, 5.41) is 0. The van der Waals surface area contributed by atoms with Crippen molar-refractivity contribution in [2.24, 2.45) is 5.41 Å². The molecule has 53 heavy (non-hydrogen) atoms. The van der Waals surface area contributed by atoms with Crippen LogP contribution in [0.4, 0.5) is 0 Å². The zero-order chi connectivity index (χ0) is 40.2. The van der Waals surface area contributed by atoms with Gasteiger partial charge in [-0.05, 0) is 46.1 Å². The van der Waals surface area contributed by atoms with Crippen LogP contribution in [0.25, 0.3) is 0 Å². The van der Waals surface area contributed by atoms with E-state index in [1.54, 1.807) is 19.9 Å². The Morgan fingerprint density at radius 1 is 0.736 bits per heavy atom. The molecule has 1 aromatic rings. The summed E-state index contributed by atoms with van der Waals surface area (Å²) in [6.07, 6.45) is 5.10. The van der Waals surface area contributed by atoms with Crippen molar-refractivity contribution in [1.82, 2.24) is 0 Å². The molecule has 0 bridgehead atoms. The quantitative estimate of drug-likeness (QED) is 0.0297. The highest BCUT2D eigenvalue weighted by molar-refractivity contribution is 6.14. The molecule has 0 radical (unpaired) electrons.